The van der Waals surface area contributed by atoms with E-state index < -0.39 is 0 Å². The molecule has 0 saturated carbocycles. The number of halogens is 1. The zero-order chi connectivity index (χ0) is 13.8. The van der Waals surface area contributed by atoms with Crippen LogP contribution in [0.3, 0.4) is 0 Å². The summed E-state index contributed by atoms with van der Waals surface area (Å²) in [7, 11) is 0. The first kappa shape index (κ1) is 12.9. The summed E-state index contributed by atoms with van der Waals surface area (Å²) in [5.41, 5.74) is 12.0. The van der Waals surface area contributed by atoms with Crippen LogP contribution in [0.1, 0.15) is 11.1 Å². The molecule has 0 aromatic heterocycles. The van der Waals surface area contributed by atoms with Crippen LogP contribution >= 0.6 is 0 Å². The second-order valence-electron chi connectivity index (χ2n) is 4.10. The summed E-state index contributed by atoms with van der Waals surface area (Å²) in [6.45, 7) is 5.55. The third kappa shape index (κ3) is 2.49. The van der Waals surface area contributed by atoms with Crippen LogP contribution in [0, 0.1) is 12.7 Å². The Labute approximate surface area is 110 Å². The number of nitrogens with zero attached hydrogens (tertiary/aromatic N) is 3. The minimum atomic E-state index is -0.384. The van der Waals surface area contributed by atoms with Crippen LogP contribution in [0.5, 0.6) is 0 Å². The number of hydrogen-bond donors (Lipinski definition) is 0. The molecule has 94 valence electrons. The second kappa shape index (κ2) is 5.38. The highest BCUT2D eigenvalue weighted by atomic mass is 19.1. The van der Waals surface area contributed by atoms with E-state index in [0.717, 1.165) is 11.1 Å². The Balaban J connectivity index is 2.82. The SMILES string of the molecule is C=Cc1cc(F)cc(-c2ccccc2C)c1N=[N+]=[N-]. The Hall–Kier alpha value is -2.58. The Morgan fingerprint density at radius 2 is 2.00 bits per heavy atom. The number of hydrogen-bond acceptors (Lipinski definition) is 1. The van der Waals surface area contributed by atoms with Gasteiger partial charge >= 0.3 is 0 Å². The summed E-state index contributed by atoms with van der Waals surface area (Å²) in [5, 5.41) is 3.68. The highest BCUT2D eigenvalue weighted by Crippen LogP contribution is 2.36. The van der Waals surface area contributed by atoms with Crippen LogP contribution in [0.15, 0.2) is 48.1 Å². The van der Waals surface area contributed by atoms with Gasteiger partial charge < -0.3 is 0 Å². The zero-order valence-corrected chi connectivity index (χ0v) is 10.5. The fourth-order valence-corrected chi connectivity index (χ4v) is 2.01. The molecule has 0 atom stereocenters. The lowest BCUT2D eigenvalue weighted by molar-refractivity contribution is 0.628. The molecule has 0 radical (unpaired) electrons. The van der Waals surface area contributed by atoms with Crippen LogP contribution in [0.25, 0.3) is 27.6 Å². The lowest BCUT2D eigenvalue weighted by Crippen LogP contribution is -1.88. The van der Waals surface area contributed by atoms with Gasteiger partial charge in [-0.05, 0) is 46.8 Å². The number of aryl methyl sites for hydroxylation is 1. The molecule has 2 aromatic carbocycles. The first-order valence-electron chi connectivity index (χ1n) is 5.74. The van der Waals surface area contributed by atoms with Crippen LogP contribution < -0.4 is 0 Å². The maximum atomic E-state index is 13.7. The van der Waals surface area contributed by atoms with E-state index in [1.165, 1.54) is 18.2 Å². The van der Waals surface area contributed by atoms with Crippen molar-refractivity contribution in [2.24, 2.45) is 5.11 Å². The average molecular weight is 253 g/mol. The smallest absolute Gasteiger partial charge is 0.124 e. The van der Waals surface area contributed by atoms with Crippen LogP contribution in [0.2, 0.25) is 0 Å². The molecule has 0 heterocycles. The monoisotopic (exact) mass is 253 g/mol. The van der Waals surface area contributed by atoms with Crippen molar-refractivity contribution >= 4 is 11.8 Å². The Morgan fingerprint density at radius 1 is 1.26 bits per heavy atom. The number of rotatable bonds is 3. The predicted octanol–water partition coefficient (Wildman–Crippen LogP) is 5.39. The van der Waals surface area contributed by atoms with Crippen LogP contribution in [-0.2, 0) is 0 Å². The molecule has 0 aliphatic heterocycles. The van der Waals surface area contributed by atoms with Crippen molar-refractivity contribution in [2.45, 2.75) is 6.92 Å². The van der Waals surface area contributed by atoms with Gasteiger partial charge in [-0.25, -0.2) is 4.39 Å². The van der Waals surface area contributed by atoms with E-state index in [1.54, 1.807) is 0 Å². The number of benzene rings is 2. The summed E-state index contributed by atoms with van der Waals surface area (Å²) in [4.78, 5) is 2.81. The molecular weight excluding hydrogens is 241 g/mol. The molecule has 3 nitrogen and oxygen atoms in total. The fraction of sp³-hybridized carbons (Fsp3) is 0.0667. The van der Waals surface area contributed by atoms with E-state index in [-0.39, 0.29) is 5.82 Å². The molecule has 0 spiro atoms. The molecule has 0 aliphatic rings. The van der Waals surface area contributed by atoms with Gasteiger partial charge in [0.1, 0.15) is 5.82 Å². The molecule has 4 heteroatoms. The van der Waals surface area contributed by atoms with Gasteiger partial charge in [0, 0.05) is 4.91 Å². The molecule has 0 unspecified atom stereocenters. The molecular formula is C15H12FN3. The van der Waals surface area contributed by atoms with Crippen molar-refractivity contribution < 1.29 is 4.39 Å². The van der Waals surface area contributed by atoms with Crippen molar-refractivity contribution in [3.8, 4) is 11.1 Å². The van der Waals surface area contributed by atoms with Crippen molar-refractivity contribution in [1.29, 1.82) is 0 Å². The van der Waals surface area contributed by atoms with Crippen molar-refractivity contribution in [1.82, 2.24) is 0 Å². The summed E-state index contributed by atoms with van der Waals surface area (Å²) in [5.74, 6) is -0.384. The summed E-state index contributed by atoms with van der Waals surface area (Å²) >= 11 is 0. The summed E-state index contributed by atoms with van der Waals surface area (Å²) in [6, 6.07) is 10.2. The quantitative estimate of drug-likeness (QED) is 0.400. The van der Waals surface area contributed by atoms with Gasteiger partial charge in [0.15, 0.2) is 0 Å². The minimum Gasteiger partial charge on any atom is -0.207 e. The average Bonchev–Trinajstić information content (AvgIpc) is 2.41. The standard InChI is InChI=1S/C15H12FN3/c1-3-11-8-12(16)9-14(15(11)18-19-17)13-7-5-4-6-10(13)2/h3-9H,1H2,2H3. The first-order chi connectivity index (χ1) is 9.17. The van der Waals surface area contributed by atoms with E-state index in [1.807, 2.05) is 31.2 Å². The molecule has 19 heavy (non-hydrogen) atoms. The van der Waals surface area contributed by atoms with Gasteiger partial charge in [-0.1, -0.05) is 42.0 Å². The number of azide groups is 1. The Morgan fingerprint density at radius 3 is 2.63 bits per heavy atom. The molecule has 0 saturated heterocycles. The Bertz CT molecular complexity index is 686. The lowest BCUT2D eigenvalue weighted by atomic mass is 9.96. The topological polar surface area (TPSA) is 48.8 Å². The molecule has 2 aromatic rings. The zero-order valence-electron chi connectivity index (χ0n) is 10.5. The maximum absolute atomic E-state index is 13.7. The summed E-state index contributed by atoms with van der Waals surface area (Å²) < 4.78 is 13.7. The largest absolute Gasteiger partial charge is 0.207 e. The third-order valence-electron chi connectivity index (χ3n) is 2.90. The minimum absolute atomic E-state index is 0.384. The molecule has 0 aliphatic carbocycles. The van der Waals surface area contributed by atoms with Gasteiger partial charge in [-0.2, -0.15) is 0 Å². The molecule has 0 N–H and O–H groups in total. The third-order valence-corrected chi connectivity index (χ3v) is 2.90. The summed E-state index contributed by atoms with van der Waals surface area (Å²) in [6.07, 6.45) is 1.48. The highest BCUT2D eigenvalue weighted by molar-refractivity contribution is 5.83. The molecule has 0 amide bonds. The van der Waals surface area contributed by atoms with Gasteiger partial charge in [-0.3, -0.25) is 0 Å². The van der Waals surface area contributed by atoms with Crippen molar-refractivity contribution in [2.75, 3.05) is 0 Å². The van der Waals surface area contributed by atoms with E-state index >= 15 is 0 Å². The van der Waals surface area contributed by atoms with Crippen molar-refractivity contribution in [3.05, 3.63) is 70.4 Å². The van der Waals surface area contributed by atoms with E-state index in [4.69, 9.17) is 5.53 Å². The van der Waals surface area contributed by atoms with Crippen LogP contribution in [0.4, 0.5) is 10.1 Å². The van der Waals surface area contributed by atoms with Gasteiger partial charge in [0.05, 0.1) is 5.69 Å². The van der Waals surface area contributed by atoms with E-state index in [0.29, 0.717) is 16.8 Å². The maximum Gasteiger partial charge on any atom is 0.124 e. The normalized spacial score (nSPS) is 9.79. The van der Waals surface area contributed by atoms with E-state index in [9.17, 15) is 4.39 Å². The Kier molecular flexibility index (Phi) is 3.64. The van der Waals surface area contributed by atoms with E-state index in [2.05, 4.69) is 16.6 Å². The molecule has 2 rings (SSSR count). The molecule has 0 bridgehead atoms. The fourth-order valence-electron chi connectivity index (χ4n) is 2.01. The van der Waals surface area contributed by atoms with Gasteiger partial charge in [0.2, 0.25) is 0 Å². The first-order valence-corrected chi connectivity index (χ1v) is 5.74. The highest BCUT2D eigenvalue weighted by Gasteiger charge is 2.11. The van der Waals surface area contributed by atoms with Gasteiger partial charge in [-0.15, -0.1) is 0 Å². The predicted molar refractivity (Wildman–Crippen MR) is 75.5 cm³/mol. The lowest BCUT2D eigenvalue weighted by Gasteiger charge is -2.11. The molecule has 0 fully saturated rings. The van der Waals surface area contributed by atoms with Crippen LogP contribution in [-0.4, -0.2) is 0 Å². The van der Waals surface area contributed by atoms with Gasteiger partial charge in [0.25, 0.3) is 0 Å². The van der Waals surface area contributed by atoms with Crippen molar-refractivity contribution in [3.63, 3.8) is 0 Å². The second-order valence-corrected chi connectivity index (χ2v) is 4.10.